The molecule has 1 aromatic heterocycles. The van der Waals surface area contributed by atoms with Gasteiger partial charge in [0.05, 0.1) is 5.69 Å². The number of hydrogen-bond acceptors (Lipinski definition) is 4. The second kappa shape index (κ2) is 6.73. The van der Waals surface area contributed by atoms with Gasteiger partial charge in [-0.3, -0.25) is 4.79 Å². The molecule has 2 aromatic rings. The smallest absolute Gasteiger partial charge is 0.226 e. The summed E-state index contributed by atoms with van der Waals surface area (Å²) in [7, 11) is 0. The highest BCUT2D eigenvalue weighted by Crippen LogP contribution is 2.22. The average Bonchev–Trinajstić information content (AvgIpc) is 2.69. The van der Waals surface area contributed by atoms with E-state index in [2.05, 4.69) is 22.4 Å². The van der Waals surface area contributed by atoms with Crippen molar-refractivity contribution in [3.63, 3.8) is 0 Å². The second-order valence-corrected chi connectivity index (χ2v) is 6.49. The minimum absolute atomic E-state index is 0.0252. The van der Waals surface area contributed by atoms with Gasteiger partial charge in [-0.05, 0) is 26.0 Å². The number of rotatable bonds is 5. The number of carbonyl (C=O) groups is 1. The zero-order valence-corrected chi connectivity index (χ0v) is 12.6. The number of carbonyl (C=O) groups excluding carboxylic acids is 1. The molecule has 0 aliphatic carbocycles. The summed E-state index contributed by atoms with van der Waals surface area (Å²) in [4.78, 5) is 18.4. The van der Waals surface area contributed by atoms with Crippen LogP contribution in [0.3, 0.4) is 0 Å². The van der Waals surface area contributed by atoms with E-state index in [0.717, 1.165) is 16.3 Å². The highest BCUT2D eigenvalue weighted by Gasteiger charge is 2.07. The molecule has 0 aliphatic rings. The summed E-state index contributed by atoms with van der Waals surface area (Å²) in [5, 5.41) is 3.54. The van der Waals surface area contributed by atoms with Crippen molar-refractivity contribution < 1.29 is 4.79 Å². The lowest BCUT2D eigenvalue weighted by Crippen LogP contribution is -2.11. The van der Waals surface area contributed by atoms with Crippen molar-refractivity contribution in [2.75, 3.05) is 11.1 Å². The molecule has 0 fully saturated rings. The largest absolute Gasteiger partial charge is 0.302 e. The number of amides is 1. The summed E-state index contributed by atoms with van der Waals surface area (Å²) < 4.78 is 0. The van der Waals surface area contributed by atoms with Crippen molar-refractivity contribution in [1.82, 2.24) is 4.98 Å². The summed E-state index contributed by atoms with van der Waals surface area (Å²) in [6, 6.07) is 10.1. The lowest BCUT2D eigenvalue weighted by Gasteiger charge is -2.02. The molecule has 0 saturated carbocycles. The van der Waals surface area contributed by atoms with Crippen LogP contribution >= 0.6 is 23.1 Å². The fraction of sp³-hybridized carbons (Fsp3) is 0.286. The maximum Gasteiger partial charge on any atom is 0.226 e. The summed E-state index contributed by atoms with van der Waals surface area (Å²) >= 11 is 3.21. The van der Waals surface area contributed by atoms with E-state index in [9.17, 15) is 4.79 Å². The highest BCUT2D eigenvalue weighted by molar-refractivity contribution is 7.99. The SMILES string of the molecule is Cc1nc(NC(=O)CCSc2ccccc2)sc1C. The van der Waals surface area contributed by atoms with Gasteiger partial charge >= 0.3 is 0 Å². The van der Waals surface area contributed by atoms with E-state index in [1.54, 1.807) is 11.8 Å². The topological polar surface area (TPSA) is 42.0 Å². The first-order valence-corrected chi connectivity index (χ1v) is 7.87. The third-order valence-corrected chi connectivity index (χ3v) is 4.62. The summed E-state index contributed by atoms with van der Waals surface area (Å²) in [5.74, 6) is 0.802. The van der Waals surface area contributed by atoms with Crippen LogP contribution in [0.2, 0.25) is 0 Å². The number of aromatic nitrogens is 1. The third kappa shape index (κ3) is 4.36. The molecule has 19 heavy (non-hydrogen) atoms. The zero-order valence-electron chi connectivity index (χ0n) is 11.0. The van der Waals surface area contributed by atoms with Crippen LogP contribution in [0.1, 0.15) is 17.0 Å². The van der Waals surface area contributed by atoms with Crippen LogP contribution in [0.5, 0.6) is 0 Å². The maximum atomic E-state index is 11.8. The van der Waals surface area contributed by atoms with Gasteiger partial charge < -0.3 is 5.32 Å². The molecule has 1 aromatic carbocycles. The number of benzene rings is 1. The Morgan fingerprint density at radius 1 is 1.32 bits per heavy atom. The van der Waals surface area contributed by atoms with Gasteiger partial charge in [-0.15, -0.1) is 23.1 Å². The number of thioether (sulfide) groups is 1. The van der Waals surface area contributed by atoms with Gasteiger partial charge in [0.25, 0.3) is 0 Å². The Balaban J connectivity index is 1.76. The van der Waals surface area contributed by atoms with E-state index in [0.29, 0.717) is 11.6 Å². The molecular weight excluding hydrogens is 276 g/mol. The maximum absolute atomic E-state index is 11.8. The van der Waals surface area contributed by atoms with Crippen molar-refractivity contribution in [2.24, 2.45) is 0 Å². The Labute approximate surface area is 121 Å². The molecule has 0 atom stereocenters. The van der Waals surface area contributed by atoms with E-state index in [-0.39, 0.29) is 5.91 Å². The number of anilines is 1. The molecule has 0 bridgehead atoms. The number of hydrogen-bond donors (Lipinski definition) is 1. The number of nitrogens with zero attached hydrogens (tertiary/aromatic N) is 1. The molecule has 0 spiro atoms. The van der Waals surface area contributed by atoms with Gasteiger partial charge in [0.1, 0.15) is 0 Å². The molecule has 0 saturated heterocycles. The Morgan fingerprint density at radius 2 is 2.05 bits per heavy atom. The van der Waals surface area contributed by atoms with E-state index in [1.165, 1.54) is 16.2 Å². The Hall–Kier alpha value is -1.33. The highest BCUT2D eigenvalue weighted by atomic mass is 32.2. The molecule has 3 nitrogen and oxygen atoms in total. The minimum Gasteiger partial charge on any atom is -0.302 e. The Kier molecular flexibility index (Phi) is 4.99. The predicted octanol–water partition coefficient (Wildman–Crippen LogP) is 3.88. The summed E-state index contributed by atoms with van der Waals surface area (Å²) in [5.41, 5.74) is 0.985. The number of nitrogens with one attached hydrogen (secondary N) is 1. The molecule has 0 unspecified atom stereocenters. The van der Waals surface area contributed by atoms with Crippen LogP contribution in [0, 0.1) is 13.8 Å². The Morgan fingerprint density at radius 3 is 2.68 bits per heavy atom. The number of thiazole rings is 1. The van der Waals surface area contributed by atoms with E-state index in [4.69, 9.17) is 0 Å². The van der Waals surface area contributed by atoms with Gasteiger partial charge in [-0.1, -0.05) is 18.2 Å². The standard InChI is InChI=1S/C14H16N2OS2/c1-10-11(2)19-14(15-10)16-13(17)8-9-18-12-6-4-3-5-7-12/h3-7H,8-9H2,1-2H3,(H,15,16,17). The minimum atomic E-state index is 0.0252. The molecule has 1 heterocycles. The van der Waals surface area contributed by atoms with Crippen molar-refractivity contribution in [2.45, 2.75) is 25.2 Å². The molecule has 0 radical (unpaired) electrons. The van der Waals surface area contributed by atoms with Crippen molar-refractivity contribution in [3.05, 3.63) is 40.9 Å². The van der Waals surface area contributed by atoms with E-state index >= 15 is 0 Å². The van der Waals surface area contributed by atoms with Crippen LogP contribution in [-0.4, -0.2) is 16.6 Å². The molecular formula is C14H16N2OS2. The fourth-order valence-corrected chi connectivity index (χ4v) is 3.19. The Bertz CT molecular complexity index is 532. The van der Waals surface area contributed by atoms with Crippen LogP contribution in [-0.2, 0) is 4.79 Å². The lowest BCUT2D eigenvalue weighted by atomic mass is 10.4. The first kappa shape index (κ1) is 14.1. The van der Waals surface area contributed by atoms with Gasteiger partial charge in [-0.25, -0.2) is 4.98 Å². The second-order valence-electron chi connectivity index (χ2n) is 4.12. The first-order valence-electron chi connectivity index (χ1n) is 6.07. The monoisotopic (exact) mass is 292 g/mol. The molecule has 100 valence electrons. The summed E-state index contributed by atoms with van der Waals surface area (Å²) in [6.45, 7) is 3.96. The first-order chi connectivity index (χ1) is 9.15. The molecule has 0 aliphatic heterocycles. The van der Waals surface area contributed by atoms with E-state index in [1.807, 2.05) is 32.0 Å². The molecule has 1 N–H and O–H groups in total. The molecule has 1 amide bonds. The summed E-state index contributed by atoms with van der Waals surface area (Å²) in [6.07, 6.45) is 0.497. The van der Waals surface area contributed by atoms with Crippen molar-refractivity contribution in [1.29, 1.82) is 0 Å². The normalized spacial score (nSPS) is 10.4. The van der Waals surface area contributed by atoms with E-state index < -0.39 is 0 Å². The molecule has 5 heteroatoms. The lowest BCUT2D eigenvalue weighted by molar-refractivity contribution is -0.115. The van der Waals surface area contributed by atoms with Crippen LogP contribution in [0.15, 0.2) is 35.2 Å². The van der Waals surface area contributed by atoms with Gasteiger partial charge in [-0.2, -0.15) is 0 Å². The van der Waals surface area contributed by atoms with Crippen molar-refractivity contribution >= 4 is 34.1 Å². The van der Waals surface area contributed by atoms with Gasteiger partial charge in [0.2, 0.25) is 5.91 Å². The fourth-order valence-electron chi connectivity index (χ4n) is 1.49. The predicted molar refractivity (Wildman–Crippen MR) is 82.0 cm³/mol. The van der Waals surface area contributed by atoms with Crippen LogP contribution < -0.4 is 5.32 Å². The van der Waals surface area contributed by atoms with Crippen molar-refractivity contribution in [3.8, 4) is 0 Å². The number of aryl methyl sites for hydroxylation is 2. The third-order valence-electron chi connectivity index (χ3n) is 2.62. The average molecular weight is 292 g/mol. The zero-order chi connectivity index (χ0) is 13.7. The van der Waals surface area contributed by atoms with Gasteiger partial charge in [0, 0.05) is 21.9 Å². The molecule has 2 rings (SSSR count). The van der Waals surface area contributed by atoms with Crippen LogP contribution in [0.25, 0.3) is 0 Å². The van der Waals surface area contributed by atoms with Gasteiger partial charge in [0.15, 0.2) is 5.13 Å². The van der Waals surface area contributed by atoms with Crippen LogP contribution in [0.4, 0.5) is 5.13 Å². The quantitative estimate of drug-likeness (QED) is 0.850.